The first-order valence-electron chi connectivity index (χ1n) is 10.6. The lowest BCUT2D eigenvalue weighted by Crippen LogP contribution is -2.49. The number of aromatic amines is 1. The number of hydrogen-bond donors (Lipinski definition) is 2. The van der Waals surface area contributed by atoms with E-state index in [2.05, 4.69) is 21.4 Å². The van der Waals surface area contributed by atoms with Gasteiger partial charge in [-0.3, -0.25) is 9.36 Å². The number of nitrogens with zero attached hydrogens (tertiary/aromatic N) is 4. The van der Waals surface area contributed by atoms with E-state index in [1.807, 2.05) is 56.0 Å². The van der Waals surface area contributed by atoms with Crippen LogP contribution in [0.3, 0.4) is 0 Å². The van der Waals surface area contributed by atoms with Crippen molar-refractivity contribution >= 4 is 22.9 Å². The maximum Gasteiger partial charge on any atom is 0.407 e. The molecule has 1 aliphatic heterocycles. The monoisotopic (exact) mass is 434 g/mol. The van der Waals surface area contributed by atoms with Gasteiger partial charge in [0, 0.05) is 24.8 Å². The number of rotatable bonds is 3. The summed E-state index contributed by atoms with van der Waals surface area (Å²) in [7, 11) is 0. The number of benzene rings is 1. The fourth-order valence-electron chi connectivity index (χ4n) is 4.10. The Morgan fingerprint density at radius 2 is 2.06 bits per heavy atom. The lowest BCUT2D eigenvalue weighted by atomic mass is 10.1. The molecule has 1 saturated heterocycles. The van der Waals surface area contributed by atoms with Crippen LogP contribution in [0.4, 0.5) is 10.6 Å². The Morgan fingerprint density at radius 3 is 2.75 bits per heavy atom. The topological polar surface area (TPSA) is 116 Å². The van der Waals surface area contributed by atoms with E-state index in [1.165, 1.54) is 6.33 Å². The predicted molar refractivity (Wildman–Crippen MR) is 121 cm³/mol. The summed E-state index contributed by atoms with van der Waals surface area (Å²) < 4.78 is 7.19. The molecule has 4 rings (SSSR count). The molecule has 3 heterocycles. The van der Waals surface area contributed by atoms with Crippen LogP contribution in [-0.2, 0) is 4.74 Å². The van der Waals surface area contributed by atoms with E-state index >= 15 is 0 Å². The maximum absolute atomic E-state index is 12.8. The fourth-order valence-corrected chi connectivity index (χ4v) is 4.10. The van der Waals surface area contributed by atoms with Crippen LogP contribution < -0.4 is 15.8 Å². The highest BCUT2D eigenvalue weighted by Crippen LogP contribution is 2.34. The number of fused-ring (bicyclic) bond motifs is 1. The third-order valence-electron chi connectivity index (χ3n) is 5.29. The summed E-state index contributed by atoms with van der Waals surface area (Å²) in [6.07, 6.45) is 2.45. The van der Waals surface area contributed by atoms with Crippen LogP contribution in [0, 0.1) is 11.3 Å². The largest absolute Gasteiger partial charge is 0.444 e. The number of H-pyrrole nitrogens is 1. The van der Waals surface area contributed by atoms with E-state index in [9.17, 15) is 14.9 Å². The van der Waals surface area contributed by atoms with Gasteiger partial charge < -0.3 is 19.9 Å². The normalized spacial score (nSPS) is 16.6. The molecule has 0 unspecified atom stereocenters. The Morgan fingerprint density at radius 1 is 1.31 bits per heavy atom. The Kier molecular flexibility index (Phi) is 5.61. The molecule has 32 heavy (non-hydrogen) atoms. The molecule has 1 aromatic carbocycles. The first kappa shape index (κ1) is 21.4. The van der Waals surface area contributed by atoms with E-state index < -0.39 is 11.7 Å². The first-order valence-corrected chi connectivity index (χ1v) is 10.6. The van der Waals surface area contributed by atoms with Crippen LogP contribution >= 0.6 is 0 Å². The number of nitriles is 1. The van der Waals surface area contributed by atoms with Gasteiger partial charge in [0.15, 0.2) is 0 Å². The van der Waals surface area contributed by atoms with Gasteiger partial charge in [-0.15, -0.1) is 0 Å². The minimum absolute atomic E-state index is 0.154. The van der Waals surface area contributed by atoms with Crippen molar-refractivity contribution in [2.75, 3.05) is 18.0 Å². The zero-order valence-electron chi connectivity index (χ0n) is 18.4. The zero-order chi connectivity index (χ0) is 22.9. The van der Waals surface area contributed by atoms with E-state index in [0.717, 1.165) is 18.5 Å². The van der Waals surface area contributed by atoms with Crippen molar-refractivity contribution in [3.8, 4) is 11.8 Å². The quantitative estimate of drug-likeness (QED) is 0.654. The molecular formula is C23H26N6O3. The lowest BCUT2D eigenvalue weighted by molar-refractivity contribution is 0.0500. The number of amides is 1. The van der Waals surface area contributed by atoms with E-state index in [0.29, 0.717) is 35.5 Å². The summed E-state index contributed by atoms with van der Waals surface area (Å²) in [6.45, 7) is 6.63. The second-order valence-electron chi connectivity index (χ2n) is 8.84. The summed E-state index contributed by atoms with van der Waals surface area (Å²) in [5.41, 5.74) is 0.883. The number of ether oxygens (including phenoxy) is 1. The van der Waals surface area contributed by atoms with Gasteiger partial charge in [0.05, 0.1) is 6.33 Å². The Balaban J connectivity index is 1.77. The summed E-state index contributed by atoms with van der Waals surface area (Å²) >= 11 is 0. The van der Waals surface area contributed by atoms with Gasteiger partial charge in [-0.25, -0.2) is 9.78 Å². The molecule has 0 radical (unpaired) electrons. The molecule has 1 fully saturated rings. The molecule has 2 aromatic heterocycles. The van der Waals surface area contributed by atoms with Crippen molar-refractivity contribution in [2.24, 2.45) is 0 Å². The Hall–Kier alpha value is -3.80. The molecule has 0 saturated carbocycles. The highest BCUT2D eigenvalue weighted by molar-refractivity contribution is 5.91. The molecule has 0 aliphatic carbocycles. The van der Waals surface area contributed by atoms with Crippen LogP contribution in [0.25, 0.3) is 16.7 Å². The number of carbonyl (C=O) groups is 1. The second-order valence-corrected chi connectivity index (χ2v) is 8.84. The van der Waals surface area contributed by atoms with Gasteiger partial charge in [0.25, 0.3) is 5.56 Å². The molecule has 9 nitrogen and oxygen atoms in total. The van der Waals surface area contributed by atoms with Crippen molar-refractivity contribution in [3.05, 3.63) is 52.6 Å². The molecular weight excluding hydrogens is 408 g/mol. The van der Waals surface area contributed by atoms with Crippen LogP contribution in [-0.4, -0.2) is 45.4 Å². The van der Waals surface area contributed by atoms with Gasteiger partial charge in [0.1, 0.15) is 34.1 Å². The molecule has 1 atom stereocenters. The average molecular weight is 435 g/mol. The molecule has 1 aliphatic rings. The highest BCUT2D eigenvalue weighted by Gasteiger charge is 2.30. The molecule has 2 N–H and O–H groups in total. The minimum Gasteiger partial charge on any atom is -0.444 e. The van der Waals surface area contributed by atoms with Crippen LogP contribution in [0.5, 0.6) is 0 Å². The Labute approximate surface area is 185 Å². The highest BCUT2D eigenvalue weighted by atomic mass is 16.6. The number of hydrogen-bond acceptors (Lipinski definition) is 6. The van der Waals surface area contributed by atoms with Crippen LogP contribution in [0.2, 0.25) is 0 Å². The number of carbonyl (C=O) groups excluding carboxylic acids is 1. The van der Waals surface area contributed by atoms with Gasteiger partial charge in [-0.2, -0.15) is 5.26 Å². The minimum atomic E-state index is -0.584. The number of aromatic nitrogens is 3. The first-order chi connectivity index (χ1) is 15.3. The van der Waals surface area contributed by atoms with E-state index in [-0.39, 0.29) is 11.6 Å². The zero-order valence-corrected chi connectivity index (χ0v) is 18.4. The molecule has 1 amide bonds. The maximum atomic E-state index is 12.8. The van der Waals surface area contributed by atoms with Crippen LogP contribution in [0.1, 0.15) is 39.2 Å². The van der Waals surface area contributed by atoms with Crippen molar-refractivity contribution in [1.29, 1.82) is 5.26 Å². The standard InChI is InChI=1S/C23H26N6O3/c1-23(2,3)32-22(31)27-15-8-7-11-28(13-15)21-17(12-24)18-19(20(30)26-14-25-18)29(21)16-9-5-4-6-10-16/h4-6,9-10,14-15H,7-8,11,13H2,1-3H3,(H,27,31)(H,25,26,30)/t15-/m0/s1. The third kappa shape index (κ3) is 4.17. The molecule has 0 spiro atoms. The van der Waals surface area contributed by atoms with Gasteiger partial charge >= 0.3 is 6.09 Å². The molecule has 166 valence electrons. The molecule has 9 heteroatoms. The van der Waals surface area contributed by atoms with Crippen molar-refractivity contribution in [1.82, 2.24) is 19.9 Å². The van der Waals surface area contributed by atoms with E-state index in [1.54, 1.807) is 4.57 Å². The number of para-hydroxylation sites is 1. The van der Waals surface area contributed by atoms with Crippen molar-refractivity contribution in [2.45, 2.75) is 45.3 Å². The third-order valence-corrected chi connectivity index (χ3v) is 5.29. The van der Waals surface area contributed by atoms with Crippen molar-refractivity contribution < 1.29 is 9.53 Å². The van der Waals surface area contributed by atoms with Gasteiger partial charge in [0.2, 0.25) is 0 Å². The van der Waals surface area contributed by atoms with Crippen LogP contribution in [0.15, 0.2) is 41.5 Å². The second kappa shape index (κ2) is 8.38. The molecule has 3 aromatic rings. The summed E-state index contributed by atoms with van der Waals surface area (Å²) in [4.78, 5) is 34.0. The fraction of sp³-hybridized carbons (Fsp3) is 0.391. The average Bonchev–Trinajstić information content (AvgIpc) is 3.09. The Bertz CT molecular complexity index is 1230. The summed E-state index contributed by atoms with van der Waals surface area (Å²) in [6, 6.07) is 11.5. The number of piperidine rings is 1. The molecule has 0 bridgehead atoms. The number of anilines is 1. The van der Waals surface area contributed by atoms with Gasteiger partial charge in [-0.05, 0) is 45.7 Å². The number of nitrogens with one attached hydrogen (secondary N) is 2. The smallest absolute Gasteiger partial charge is 0.407 e. The predicted octanol–water partition coefficient (Wildman–Crippen LogP) is 3.08. The van der Waals surface area contributed by atoms with Gasteiger partial charge in [-0.1, -0.05) is 18.2 Å². The van der Waals surface area contributed by atoms with E-state index in [4.69, 9.17) is 4.74 Å². The van der Waals surface area contributed by atoms with Crippen molar-refractivity contribution in [3.63, 3.8) is 0 Å². The summed E-state index contributed by atoms with van der Waals surface area (Å²) in [5.74, 6) is 0.605. The SMILES string of the molecule is CC(C)(C)OC(=O)N[C@H]1CCCN(c2c(C#N)c3nc[nH]c(=O)c3n2-c2ccccc2)C1. The lowest BCUT2D eigenvalue weighted by Gasteiger charge is -2.35. The number of alkyl carbamates (subject to hydrolysis) is 1. The summed E-state index contributed by atoms with van der Waals surface area (Å²) in [5, 5.41) is 12.9.